The normalized spacial score (nSPS) is 22.6. The zero-order valence-corrected chi connectivity index (χ0v) is 10.3. The lowest BCUT2D eigenvalue weighted by Gasteiger charge is -2.19. The summed E-state index contributed by atoms with van der Waals surface area (Å²) in [4.78, 5) is 8.62. The van der Waals surface area contributed by atoms with Gasteiger partial charge in [-0.05, 0) is 37.2 Å². The largest absolute Gasteiger partial charge is 0.396 e. The lowest BCUT2D eigenvalue weighted by atomic mass is 9.90. The van der Waals surface area contributed by atoms with E-state index in [0.717, 1.165) is 37.9 Å². The molecule has 0 aromatic rings. The van der Waals surface area contributed by atoms with Crippen molar-refractivity contribution in [2.75, 3.05) is 13.7 Å². The Morgan fingerprint density at radius 2 is 2.44 bits per heavy atom. The molecule has 0 aromatic carbocycles. The molecule has 0 amide bonds. The predicted molar refractivity (Wildman–Crippen MR) is 69.3 cm³/mol. The van der Waals surface area contributed by atoms with Crippen molar-refractivity contribution in [3.05, 3.63) is 11.6 Å². The highest BCUT2D eigenvalue weighted by molar-refractivity contribution is 6.02. The zero-order valence-electron chi connectivity index (χ0n) is 10.3. The average molecular weight is 222 g/mol. The van der Waals surface area contributed by atoms with Crippen molar-refractivity contribution in [2.24, 2.45) is 15.9 Å². The number of hydrogen-bond acceptors (Lipinski definition) is 2. The van der Waals surface area contributed by atoms with Gasteiger partial charge in [-0.1, -0.05) is 19.4 Å². The maximum Gasteiger partial charge on any atom is 0.149 e. The predicted octanol–water partition coefficient (Wildman–Crippen LogP) is 2.60. The van der Waals surface area contributed by atoms with Gasteiger partial charge in [0.1, 0.15) is 5.84 Å². The van der Waals surface area contributed by atoms with E-state index in [0.29, 0.717) is 12.5 Å². The van der Waals surface area contributed by atoms with Crippen LogP contribution in [0.3, 0.4) is 0 Å². The first-order valence-corrected chi connectivity index (χ1v) is 6.11. The third-order valence-electron chi connectivity index (χ3n) is 2.91. The molecule has 0 spiro atoms. The molecule has 0 bridgehead atoms. The van der Waals surface area contributed by atoms with Gasteiger partial charge in [-0.25, -0.2) is 4.99 Å². The Bertz CT molecular complexity index is 292. The smallest absolute Gasteiger partial charge is 0.149 e. The Morgan fingerprint density at radius 3 is 2.94 bits per heavy atom. The Balaban J connectivity index is 2.58. The first-order chi connectivity index (χ1) is 7.81. The van der Waals surface area contributed by atoms with E-state index < -0.39 is 0 Å². The molecule has 0 radical (unpaired) electrons. The second-order valence-electron chi connectivity index (χ2n) is 4.20. The van der Waals surface area contributed by atoms with Gasteiger partial charge in [0.15, 0.2) is 0 Å². The molecular weight excluding hydrogens is 200 g/mol. The highest BCUT2D eigenvalue weighted by Gasteiger charge is 2.15. The minimum absolute atomic E-state index is 0.293. The lowest BCUT2D eigenvalue weighted by molar-refractivity contribution is 0.217. The van der Waals surface area contributed by atoms with Crippen LogP contribution in [0, 0.1) is 5.92 Å². The van der Waals surface area contributed by atoms with Gasteiger partial charge in [0, 0.05) is 19.9 Å². The molecule has 3 heteroatoms. The fourth-order valence-corrected chi connectivity index (χ4v) is 1.82. The molecule has 3 nitrogen and oxygen atoms in total. The molecule has 1 unspecified atom stereocenters. The van der Waals surface area contributed by atoms with Gasteiger partial charge in [-0.3, -0.25) is 4.99 Å². The molecule has 0 heterocycles. The van der Waals surface area contributed by atoms with Gasteiger partial charge in [-0.15, -0.1) is 0 Å². The van der Waals surface area contributed by atoms with E-state index in [1.54, 1.807) is 7.05 Å². The van der Waals surface area contributed by atoms with Crippen LogP contribution < -0.4 is 0 Å². The summed E-state index contributed by atoms with van der Waals surface area (Å²) < 4.78 is 0. The molecule has 1 aliphatic rings. The monoisotopic (exact) mass is 222 g/mol. The van der Waals surface area contributed by atoms with Crippen LogP contribution in [0.5, 0.6) is 0 Å². The Kier molecular flexibility index (Phi) is 6.01. The summed E-state index contributed by atoms with van der Waals surface area (Å²) in [7, 11) is 1.79. The highest BCUT2D eigenvalue weighted by Crippen LogP contribution is 2.24. The summed E-state index contributed by atoms with van der Waals surface area (Å²) in [6, 6.07) is 0. The van der Waals surface area contributed by atoms with Gasteiger partial charge in [0.25, 0.3) is 0 Å². The number of allylic oxidation sites excluding steroid dienone is 1. The van der Waals surface area contributed by atoms with E-state index >= 15 is 0 Å². The molecule has 1 aliphatic carbocycles. The molecule has 0 aliphatic heterocycles. The van der Waals surface area contributed by atoms with Gasteiger partial charge >= 0.3 is 0 Å². The number of hydrogen-bond donors (Lipinski definition) is 1. The standard InChI is InChI=1S/C13H22N2O/c1-3-4-9-15-13(14-2)12-7-5-11(10-16)6-8-12/h7,9,11,16H,3-6,8,10H2,1-2H3/b14-13-,15-9-. The third-order valence-corrected chi connectivity index (χ3v) is 2.91. The Labute approximate surface area is 98.0 Å². The molecule has 1 N–H and O–H groups in total. The van der Waals surface area contributed by atoms with Crippen molar-refractivity contribution < 1.29 is 5.11 Å². The second kappa shape index (κ2) is 7.34. The van der Waals surface area contributed by atoms with Crippen LogP contribution in [0.15, 0.2) is 21.6 Å². The van der Waals surface area contributed by atoms with Gasteiger partial charge < -0.3 is 5.11 Å². The third kappa shape index (κ3) is 3.89. The second-order valence-corrected chi connectivity index (χ2v) is 4.20. The van der Waals surface area contributed by atoms with Crippen LogP contribution >= 0.6 is 0 Å². The molecular formula is C13H22N2O. The Morgan fingerprint density at radius 1 is 1.62 bits per heavy atom. The Hall–Kier alpha value is -0.960. The topological polar surface area (TPSA) is 45.0 Å². The average Bonchev–Trinajstić information content (AvgIpc) is 2.35. The first-order valence-electron chi connectivity index (χ1n) is 6.11. The number of aliphatic hydroxyl groups is 1. The molecule has 1 rings (SSSR count). The van der Waals surface area contributed by atoms with Crippen LogP contribution in [-0.4, -0.2) is 30.8 Å². The lowest BCUT2D eigenvalue weighted by Crippen LogP contribution is -2.13. The molecule has 0 aromatic heterocycles. The molecule has 0 saturated carbocycles. The van der Waals surface area contributed by atoms with Gasteiger partial charge in [0.05, 0.1) is 0 Å². The first kappa shape index (κ1) is 13.1. The zero-order chi connectivity index (χ0) is 11.8. The van der Waals surface area contributed by atoms with Crippen molar-refractivity contribution in [1.82, 2.24) is 0 Å². The fourth-order valence-electron chi connectivity index (χ4n) is 1.82. The number of aliphatic hydroxyl groups excluding tert-OH is 1. The van der Waals surface area contributed by atoms with E-state index in [9.17, 15) is 0 Å². The van der Waals surface area contributed by atoms with Crippen LogP contribution in [-0.2, 0) is 0 Å². The summed E-state index contributed by atoms with van der Waals surface area (Å²) >= 11 is 0. The molecule has 1 atom stereocenters. The van der Waals surface area contributed by atoms with Crippen LogP contribution in [0.4, 0.5) is 0 Å². The molecule has 0 saturated heterocycles. The molecule has 90 valence electrons. The van der Waals surface area contributed by atoms with Gasteiger partial charge in [0.2, 0.25) is 0 Å². The van der Waals surface area contributed by atoms with E-state index in [2.05, 4.69) is 23.0 Å². The minimum Gasteiger partial charge on any atom is -0.396 e. The van der Waals surface area contributed by atoms with Crippen molar-refractivity contribution in [3.8, 4) is 0 Å². The number of unbranched alkanes of at least 4 members (excludes halogenated alkanes) is 1. The van der Waals surface area contributed by atoms with E-state index in [4.69, 9.17) is 5.11 Å². The summed E-state index contributed by atoms with van der Waals surface area (Å²) in [5, 5.41) is 9.06. The molecule has 16 heavy (non-hydrogen) atoms. The van der Waals surface area contributed by atoms with Crippen LogP contribution in [0.1, 0.15) is 39.0 Å². The van der Waals surface area contributed by atoms with Crippen molar-refractivity contribution in [3.63, 3.8) is 0 Å². The summed E-state index contributed by atoms with van der Waals surface area (Å²) in [6.07, 6.45) is 9.23. The summed E-state index contributed by atoms with van der Waals surface area (Å²) in [6.45, 7) is 2.43. The molecule has 0 fully saturated rings. The van der Waals surface area contributed by atoms with Crippen molar-refractivity contribution in [2.45, 2.75) is 39.0 Å². The maximum absolute atomic E-state index is 9.06. The number of aliphatic imine (C=N–C) groups is 2. The SMILES string of the molecule is CCC/C=N\C(=N/C)C1=CCC(CO)CC1. The van der Waals surface area contributed by atoms with Crippen LogP contribution in [0.2, 0.25) is 0 Å². The fraction of sp³-hybridized carbons (Fsp3) is 0.692. The van der Waals surface area contributed by atoms with Crippen molar-refractivity contribution >= 4 is 12.1 Å². The number of nitrogens with zero attached hydrogens (tertiary/aromatic N) is 2. The van der Waals surface area contributed by atoms with E-state index in [1.807, 2.05) is 6.21 Å². The highest BCUT2D eigenvalue weighted by atomic mass is 16.3. The quantitative estimate of drug-likeness (QED) is 0.576. The summed E-state index contributed by atoms with van der Waals surface area (Å²) in [5.74, 6) is 1.30. The number of amidine groups is 1. The van der Waals surface area contributed by atoms with E-state index in [1.165, 1.54) is 5.57 Å². The number of rotatable bonds is 4. The minimum atomic E-state index is 0.293. The van der Waals surface area contributed by atoms with Gasteiger partial charge in [-0.2, -0.15) is 0 Å². The summed E-state index contributed by atoms with van der Waals surface area (Å²) in [5.41, 5.74) is 1.24. The maximum atomic E-state index is 9.06. The van der Waals surface area contributed by atoms with Crippen LogP contribution in [0.25, 0.3) is 0 Å². The van der Waals surface area contributed by atoms with Crippen molar-refractivity contribution in [1.29, 1.82) is 0 Å². The van der Waals surface area contributed by atoms with E-state index in [-0.39, 0.29) is 0 Å².